The van der Waals surface area contributed by atoms with E-state index in [9.17, 15) is 0 Å². The van der Waals surface area contributed by atoms with Crippen molar-refractivity contribution in [2.45, 2.75) is 31.7 Å². The van der Waals surface area contributed by atoms with Gasteiger partial charge in [0.05, 0.1) is 13.2 Å². The van der Waals surface area contributed by atoms with Crippen LogP contribution in [0.5, 0.6) is 0 Å². The minimum Gasteiger partial charge on any atom is -0.380 e. The van der Waals surface area contributed by atoms with Crippen LogP contribution < -0.4 is 5.73 Å². The molecule has 1 atom stereocenters. The normalized spacial score (nSPS) is 27.9. The van der Waals surface area contributed by atoms with Crippen LogP contribution in [-0.2, 0) is 16.7 Å². The predicted octanol–water partition coefficient (Wildman–Crippen LogP) is 0.937. The van der Waals surface area contributed by atoms with Crippen molar-refractivity contribution in [3.05, 3.63) is 17.7 Å². The highest BCUT2D eigenvalue weighted by atomic mass is 16.5. The Morgan fingerprint density at radius 1 is 1.71 bits per heavy atom. The van der Waals surface area contributed by atoms with Crippen LogP contribution in [0.3, 0.4) is 0 Å². The van der Waals surface area contributed by atoms with Crippen molar-refractivity contribution < 1.29 is 4.74 Å². The van der Waals surface area contributed by atoms with E-state index in [-0.39, 0.29) is 5.41 Å². The lowest BCUT2D eigenvalue weighted by atomic mass is 9.82. The maximum Gasteiger partial charge on any atom is 0.120 e. The van der Waals surface area contributed by atoms with E-state index in [1.54, 1.807) is 0 Å². The molecule has 0 bridgehead atoms. The number of hydrogen-bond acceptors (Lipinski definition) is 3. The van der Waals surface area contributed by atoms with Gasteiger partial charge in [0.2, 0.25) is 0 Å². The summed E-state index contributed by atoms with van der Waals surface area (Å²) in [6, 6.07) is 0. The quantitative estimate of drug-likeness (QED) is 0.738. The predicted molar refractivity (Wildman–Crippen MR) is 53.9 cm³/mol. The van der Waals surface area contributed by atoms with Crippen molar-refractivity contribution in [2.24, 2.45) is 5.73 Å². The minimum absolute atomic E-state index is 0.0959. The van der Waals surface area contributed by atoms with Gasteiger partial charge in [0.1, 0.15) is 5.82 Å². The van der Waals surface area contributed by atoms with Crippen LogP contribution in [0.2, 0.25) is 0 Å². The second kappa shape index (κ2) is 3.71. The molecule has 0 amide bonds. The highest BCUT2D eigenvalue weighted by molar-refractivity contribution is 5.15. The van der Waals surface area contributed by atoms with E-state index in [0.29, 0.717) is 6.54 Å². The number of nitrogens with one attached hydrogen (secondary N) is 1. The Hall–Kier alpha value is -0.870. The summed E-state index contributed by atoms with van der Waals surface area (Å²) in [5.74, 6) is 0.854. The lowest BCUT2D eigenvalue weighted by molar-refractivity contribution is 0.0403. The third kappa shape index (κ3) is 1.67. The third-order valence-corrected chi connectivity index (χ3v) is 2.91. The first-order valence-corrected chi connectivity index (χ1v) is 5.07. The number of rotatable bonds is 2. The monoisotopic (exact) mass is 195 g/mol. The van der Waals surface area contributed by atoms with Gasteiger partial charge < -0.3 is 15.5 Å². The molecule has 0 radical (unpaired) electrons. The first kappa shape index (κ1) is 9.68. The lowest BCUT2D eigenvalue weighted by Crippen LogP contribution is -2.33. The molecule has 0 aliphatic carbocycles. The van der Waals surface area contributed by atoms with Crippen molar-refractivity contribution in [3.8, 4) is 0 Å². The molecule has 0 aromatic carbocycles. The zero-order chi connectivity index (χ0) is 10.0. The summed E-state index contributed by atoms with van der Waals surface area (Å²) in [5.41, 5.74) is 6.76. The Morgan fingerprint density at radius 3 is 3.14 bits per heavy atom. The van der Waals surface area contributed by atoms with Crippen molar-refractivity contribution >= 4 is 0 Å². The molecule has 0 saturated carbocycles. The van der Waals surface area contributed by atoms with Gasteiger partial charge in [-0.3, -0.25) is 0 Å². The molecule has 1 unspecified atom stereocenters. The number of imidazole rings is 1. The molecule has 4 nitrogen and oxygen atoms in total. The molecule has 1 aromatic heterocycles. The lowest BCUT2D eigenvalue weighted by Gasteiger charge is -2.32. The Labute approximate surface area is 83.9 Å². The van der Waals surface area contributed by atoms with Crippen LogP contribution >= 0.6 is 0 Å². The van der Waals surface area contributed by atoms with Gasteiger partial charge in [-0.25, -0.2) is 4.98 Å². The Bertz CT molecular complexity index is 302. The Morgan fingerprint density at radius 2 is 2.57 bits per heavy atom. The molecule has 14 heavy (non-hydrogen) atoms. The summed E-state index contributed by atoms with van der Waals surface area (Å²) < 4.78 is 5.50. The Kier molecular flexibility index (Phi) is 2.56. The third-order valence-electron chi connectivity index (χ3n) is 2.91. The van der Waals surface area contributed by atoms with Gasteiger partial charge in [-0.1, -0.05) is 6.92 Å². The maximum atomic E-state index is 5.51. The van der Waals surface area contributed by atoms with Gasteiger partial charge in [0.25, 0.3) is 0 Å². The van der Waals surface area contributed by atoms with E-state index < -0.39 is 0 Å². The molecule has 1 fully saturated rings. The second-order valence-corrected chi connectivity index (χ2v) is 4.16. The van der Waals surface area contributed by atoms with Gasteiger partial charge in [-0.15, -0.1) is 0 Å². The van der Waals surface area contributed by atoms with E-state index in [4.69, 9.17) is 10.5 Å². The van der Waals surface area contributed by atoms with Crippen molar-refractivity contribution in [3.63, 3.8) is 0 Å². The van der Waals surface area contributed by atoms with Crippen LogP contribution in [-0.4, -0.2) is 23.2 Å². The number of nitrogens with two attached hydrogens (primary N) is 1. The van der Waals surface area contributed by atoms with E-state index in [2.05, 4.69) is 16.9 Å². The fraction of sp³-hybridized carbons (Fsp3) is 0.700. The van der Waals surface area contributed by atoms with Crippen LogP contribution in [0.15, 0.2) is 6.20 Å². The first-order chi connectivity index (χ1) is 6.74. The average molecular weight is 195 g/mol. The van der Waals surface area contributed by atoms with Crippen molar-refractivity contribution in [2.75, 3.05) is 13.2 Å². The molecular formula is C10H17N3O. The molecule has 78 valence electrons. The average Bonchev–Trinajstić information content (AvgIpc) is 2.67. The van der Waals surface area contributed by atoms with E-state index in [1.807, 2.05) is 6.20 Å². The van der Waals surface area contributed by atoms with Gasteiger partial charge in [0, 0.05) is 23.9 Å². The molecule has 1 aliphatic rings. The van der Waals surface area contributed by atoms with Gasteiger partial charge in [0.15, 0.2) is 0 Å². The molecule has 1 aromatic rings. The Balaban J connectivity index is 2.19. The number of aromatic amines is 1. The second-order valence-electron chi connectivity index (χ2n) is 4.16. The van der Waals surface area contributed by atoms with Crippen LogP contribution in [0.25, 0.3) is 0 Å². The minimum atomic E-state index is 0.0959. The zero-order valence-corrected chi connectivity index (χ0v) is 8.55. The number of nitrogens with zero attached hydrogens (tertiary/aromatic N) is 1. The molecule has 1 saturated heterocycles. The summed E-state index contributed by atoms with van der Waals surface area (Å²) in [5, 5.41) is 0. The summed E-state index contributed by atoms with van der Waals surface area (Å²) in [7, 11) is 0. The van der Waals surface area contributed by atoms with Gasteiger partial charge in [-0.05, 0) is 12.8 Å². The zero-order valence-electron chi connectivity index (χ0n) is 8.55. The highest BCUT2D eigenvalue weighted by Gasteiger charge is 2.31. The van der Waals surface area contributed by atoms with Crippen LogP contribution in [0.4, 0.5) is 0 Å². The SMILES string of the molecule is CC1(c2cnc(CN)[nH]2)CCCOC1. The van der Waals surface area contributed by atoms with E-state index >= 15 is 0 Å². The number of aromatic nitrogens is 2. The van der Waals surface area contributed by atoms with Crippen molar-refractivity contribution in [1.82, 2.24) is 9.97 Å². The molecule has 2 rings (SSSR count). The summed E-state index contributed by atoms with van der Waals surface area (Å²) in [6.45, 7) is 4.34. The fourth-order valence-corrected chi connectivity index (χ4v) is 1.92. The van der Waals surface area contributed by atoms with Crippen LogP contribution in [0.1, 0.15) is 31.3 Å². The van der Waals surface area contributed by atoms with Gasteiger partial charge in [-0.2, -0.15) is 0 Å². The van der Waals surface area contributed by atoms with E-state index in [1.165, 1.54) is 0 Å². The van der Waals surface area contributed by atoms with E-state index in [0.717, 1.165) is 37.6 Å². The molecule has 0 spiro atoms. The molecule has 1 aliphatic heterocycles. The molecule has 4 heteroatoms. The molecule has 2 heterocycles. The van der Waals surface area contributed by atoms with Crippen molar-refractivity contribution in [1.29, 1.82) is 0 Å². The first-order valence-electron chi connectivity index (χ1n) is 5.07. The smallest absolute Gasteiger partial charge is 0.120 e. The maximum absolute atomic E-state index is 5.51. The number of H-pyrrole nitrogens is 1. The molecule has 3 N–H and O–H groups in total. The summed E-state index contributed by atoms with van der Waals surface area (Å²) >= 11 is 0. The topological polar surface area (TPSA) is 63.9 Å². The highest BCUT2D eigenvalue weighted by Crippen LogP contribution is 2.31. The van der Waals surface area contributed by atoms with Crippen LogP contribution in [0, 0.1) is 0 Å². The standard InChI is InChI=1S/C10H17N3O/c1-10(3-2-4-14-7-10)8-6-12-9(5-11)13-8/h6H,2-5,7,11H2,1H3,(H,12,13). The summed E-state index contributed by atoms with van der Waals surface area (Å²) in [4.78, 5) is 7.48. The molecular weight excluding hydrogens is 178 g/mol. The number of hydrogen-bond donors (Lipinski definition) is 2. The van der Waals surface area contributed by atoms with Gasteiger partial charge >= 0.3 is 0 Å². The number of ether oxygens (including phenoxy) is 1. The largest absolute Gasteiger partial charge is 0.380 e. The summed E-state index contributed by atoms with van der Waals surface area (Å²) in [6.07, 6.45) is 4.16. The fourth-order valence-electron chi connectivity index (χ4n) is 1.92.